The highest BCUT2D eigenvalue weighted by atomic mass is 80.0. The fourth-order valence-corrected chi connectivity index (χ4v) is 0.527. The summed E-state index contributed by atoms with van der Waals surface area (Å²) in [4.78, 5) is 10.2. The molecule has 0 saturated carbocycles. The van der Waals surface area contributed by atoms with Crippen LogP contribution in [0.25, 0.3) is 0 Å². The second-order valence-electron chi connectivity index (χ2n) is 1.40. The second-order valence-corrected chi connectivity index (χ2v) is 8.65. The molecule has 0 aromatic carbocycles. The Morgan fingerprint density at radius 1 is 1.56 bits per heavy atom. The third-order valence-electron chi connectivity index (χ3n) is 0.439. The van der Waals surface area contributed by atoms with E-state index in [2.05, 4.69) is 52.5 Å². The Morgan fingerprint density at radius 2 is 2.00 bits per heavy atom. The molecule has 0 heterocycles. The maximum Gasteiger partial charge on any atom is 0.302 e. The van der Waals surface area contributed by atoms with E-state index in [4.69, 9.17) is 0 Å². The summed E-state index contributed by atoms with van der Waals surface area (Å²) >= 11 is 9.49. The van der Waals surface area contributed by atoms with Crippen LogP contribution in [0, 0.1) is 0 Å². The molecule has 9 heavy (non-hydrogen) atoms. The molecule has 54 valence electrons. The highest BCUT2D eigenvalue weighted by Gasteiger charge is 2.18. The topological polar surface area (TPSA) is 26.3 Å². The molecule has 0 amide bonds. The fraction of sp³-hybridized carbons (Fsp3) is 0.750. The van der Waals surface area contributed by atoms with Crippen molar-refractivity contribution < 1.29 is 9.53 Å². The number of carbonyl (C=O) groups excluding carboxylic acids is 1. The summed E-state index contributed by atoms with van der Waals surface area (Å²) in [6.45, 7) is 1.61. The molecular formula is C4H5Br3O2. The number of halogens is 3. The second kappa shape index (κ2) is 3.93. The quantitative estimate of drug-likeness (QED) is 0.547. The van der Waals surface area contributed by atoms with E-state index in [1.807, 2.05) is 0 Å². The first kappa shape index (κ1) is 9.91. The fourth-order valence-electron chi connectivity index (χ4n) is 0.183. The van der Waals surface area contributed by atoms with Gasteiger partial charge in [-0.3, -0.25) is 4.79 Å². The van der Waals surface area contributed by atoms with Gasteiger partial charge in [0.05, 0.1) is 0 Å². The van der Waals surface area contributed by atoms with Crippen molar-refractivity contribution in [3.05, 3.63) is 0 Å². The number of hydrogen-bond acceptors (Lipinski definition) is 2. The molecule has 0 aliphatic carbocycles. The van der Waals surface area contributed by atoms with Crippen molar-refractivity contribution in [3.8, 4) is 0 Å². The van der Waals surface area contributed by atoms with Gasteiger partial charge in [0.25, 0.3) is 0 Å². The minimum absolute atomic E-state index is 0.252. The van der Waals surface area contributed by atoms with Gasteiger partial charge in [0.1, 0.15) is 6.61 Å². The van der Waals surface area contributed by atoms with Crippen molar-refractivity contribution in [2.45, 2.75) is 9.07 Å². The standard InChI is InChI=1S/C4H5Br3O2/c1-3(8)9-2-4(5,6)7/h2H2,1H3. The van der Waals surface area contributed by atoms with Crippen molar-refractivity contribution in [2.75, 3.05) is 6.61 Å². The highest BCUT2D eigenvalue weighted by molar-refractivity contribution is 9.39. The number of hydrogen-bond donors (Lipinski definition) is 0. The van der Waals surface area contributed by atoms with Gasteiger partial charge in [0.2, 0.25) is 0 Å². The third-order valence-corrected chi connectivity index (χ3v) is 1.13. The van der Waals surface area contributed by atoms with Crippen LogP contribution in [-0.2, 0) is 9.53 Å². The van der Waals surface area contributed by atoms with Crippen LogP contribution in [-0.4, -0.2) is 14.7 Å². The van der Waals surface area contributed by atoms with E-state index in [0.29, 0.717) is 0 Å². The average Bonchev–Trinajstić information content (AvgIpc) is 1.59. The van der Waals surface area contributed by atoms with Crippen molar-refractivity contribution in [1.82, 2.24) is 0 Å². The largest absolute Gasteiger partial charge is 0.463 e. The van der Waals surface area contributed by atoms with E-state index in [-0.39, 0.29) is 12.6 Å². The minimum Gasteiger partial charge on any atom is -0.463 e. The van der Waals surface area contributed by atoms with Crippen molar-refractivity contribution in [1.29, 1.82) is 0 Å². The average molecular weight is 325 g/mol. The van der Waals surface area contributed by atoms with Crippen LogP contribution >= 0.6 is 47.8 Å². The molecule has 0 saturated heterocycles. The third kappa shape index (κ3) is 8.91. The Bertz CT molecular complexity index is 107. The monoisotopic (exact) mass is 322 g/mol. The lowest BCUT2D eigenvalue weighted by Crippen LogP contribution is -2.13. The van der Waals surface area contributed by atoms with Crippen LogP contribution in [0.15, 0.2) is 0 Å². The van der Waals surface area contributed by atoms with Crippen LogP contribution in [0.3, 0.4) is 0 Å². The molecule has 2 nitrogen and oxygen atoms in total. The smallest absolute Gasteiger partial charge is 0.302 e. The zero-order valence-electron chi connectivity index (χ0n) is 4.66. The SMILES string of the molecule is CC(=O)OCC(Br)(Br)Br. The van der Waals surface area contributed by atoms with E-state index in [9.17, 15) is 4.79 Å². The molecule has 0 spiro atoms. The first-order valence-electron chi connectivity index (χ1n) is 2.12. The molecule has 0 aliphatic heterocycles. The summed E-state index contributed by atoms with van der Waals surface area (Å²) in [7, 11) is 0. The van der Waals surface area contributed by atoms with Gasteiger partial charge >= 0.3 is 5.97 Å². The highest BCUT2D eigenvalue weighted by Crippen LogP contribution is 2.33. The minimum atomic E-state index is -0.474. The number of rotatable bonds is 1. The predicted molar refractivity (Wildman–Crippen MR) is 46.1 cm³/mol. The van der Waals surface area contributed by atoms with Crippen LogP contribution in [0.4, 0.5) is 0 Å². The molecule has 0 atom stereocenters. The Balaban J connectivity index is 3.39. The zero-order chi connectivity index (χ0) is 7.49. The van der Waals surface area contributed by atoms with Gasteiger partial charge in [-0.1, -0.05) is 47.8 Å². The molecular weight excluding hydrogens is 320 g/mol. The maximum atomic E-state index is 10.2. The Labute approximate surface area is 78.7 Å². The molecule has 5 heteroatoms. The van der Waals surface area contributed by atoms with E-state index < -0.39 is 2.14 Å². The molecule has 0 fully saturated rings. The zero-order valence-corrected chi connectivity index (χ0v) is 9.42. The normalized spacial score (nSPS) is 11.1. The molecule has 0 aromatic rings. The van der Waals surface area contributed by atoms with Crippen LogP contribution < -0.4 is 0 Å². The van der Waals surface area contributed by atoms with Gasteiger partial charge < -0.3 is 4.74 Å². The van der Waals surface area contributed by atoms with Crippen LogP contribution in [0.5, 0.6) is 0 Å². The lowest BCUT2D eigenvalue weighted by Gasteiger charge is -2.10. The Morgan fingerprint density at radius 3 is 2.11 bits per heavy atom. The van der Waals surface area contributed by atoms with E-state index >= 15 is 0 Å². The van der Waals surface area contributed by atoms with Crippen LogP contribution in [0.1, 0.15) is 6.92 Å². The predicted octanol–water partition coefficient (Wildman–Crippen LogP) is 2.39. The summed E-state index contributed by atoms with van der Waals surface area (Å²) < 4.78 is 4.15. The molecule has 0 radical (unpaired) electrons. The van der Waals surface area contributed by atoms with Crippen molar-refractivity contribution >= 4 is 53.8 Å². The summed E-state index contributed by atoms with van der Waals surface area (Å²) in [6, 6.07) is 0. The van der Waals surface area contributed by atoms with Gasteiger partial charge in [-0.25, -0.2) is 0 Å². The molecule has 0 rings (SSSR count). The summed E-state index contributed by atoms with van der Waals surface area (Å²) in [6.07, 6.45) is 0. The number of ether oxygens (including phenoxy) is 1. The number of alkyl halides is 3. The van der Waals surface area contributed by atoms with E-state index in [1.54, 1.807) is 0 Å². The summed E-state index contributed by atoms with van der Waals surface area (Å²) in [5.74, 6) is -0.294. The summed E-state index contributed by atoms with van der Waals surface area (Å²) in [5, 5.41) is 0. The van der Waals surface area contributed by atoms with Gasteiger partial charge in [-0.15, -0.1) is 0 Å². The Hall–Kier alpha value is 0.910. The van der Waals surface area contributed by atoms with Gasteiger partial charge in [0, 0.05) is 6.92 Å². The first-order valence-corrected chi connectivity index (χ1v) is 4.50. The molecule has 0 aliphatic rings. The Kier molecular flexibility index (Phi) is 4.33. The van der Waals surface area contributed by atoms with Crippen molar-refractivity contribution in [2.24, 2.45) is 0 Å². The van der Waals surface area contributed by atoms with E-state index in [0.717, 1.165) is 0 Å². The lowest BCUT2D eigenvalue weighted by molar-refractivity contribution is -0.140. The maximum absolute atomic E-state index is 10.2. The van der Waals surface area contributed by atoms with Gasteiger partial charge in [0.15, 0.2) is 2.14 Å². The number of esters is 1. The van der Waals surface area contributed by atoms with Crippen molar-refractivity contribution in [3.63, 3.8) is 0 Å². The van der Waals surface area contributed by atoms with Gasteiger partial charge in [-0.05, 0) is 0 Å². The van der Waals surface area contributed by atoms with E-state index in [1.165, 1.54) is 6.92 Å². The molecule has 0 aromatic heterocycles. The van der Waals surface area contributed by atoms with Gasteiger partial charge in [-0.2, -0.15) is 0 Å². The summed E-state index contributed by atoms with van der Waals surface area (Å²) in [5.41, 5.74) is 0. The first-order chi connectivity index (χ1) is 3.92. The lowest BCUT2D eigenvalue weighted by atomic mass is 10.8. The van der Waals surface area contributed by atoms with Crippen LogP contribution in [0.2, 0.25) is 0 Å². The number of carbonyl (C=O) groups is 1. The molecule has 0 N–H and O–H groups in total. The molecule has 0 bridgehead atoms. The molecule has 0 unspecified atom stereocenters.